The molecule has 5 nitrogen and oxygen atoms in total. The van der Waals surface area contributed by atoms with E-state index in [0.29, 0.717) is 37.9 Å². The number of hydrogen-bond donors (Lipinski definition) is 2. The van der Waals surface area contributed by atoms with E-state index < -0.39 is 11.5 Å². The molecule has 29 heavy (non-hydrogen) atoms. The van der Waals surface area contributed by atoms with Gasteiger partial charge in [0.25, 0.3) is 0 Å². The van der Waals surface area contributed by atoms with Crippen LogP contribution in [0.1, 0.15) is 38.5 Å². The molecule has 1 aliphatic rings. The minimum Gasteiger partial charge on any atom is -0.368 e. The molecule has 2 N–H and O–H groups in total. The summed E-state index contributed by atoms with van der Waals surface area (Å²) in [6, 6.07) is 0. The predicted molar refractivity (Wildman–Crippen MR) is 113 cm³/mol. The second-order valence-corrected chi connectivity index (χ2v) is 7.11. The Bertz CT molecular complexity index is 584. The van der Waals surface area contributed by atoms with Gasteiger partial charge in [0.1, 0.15) is 12.8 Å². The molecule has 3 atom stereocenters. The van der Waals surface area contributed by atoms with E-state index in [1.54, 1.807) is 6.08 Å². The highest BCUT2D eigenvalue weighted by Gasteiger charge is 2.29. The Balaban J connectivity index is 0.00000245. The minimum absolute atomic E-state index is 0.125. The highest BCUT2D eigenvalue weighted by Crippen LogP contribution is 2.27. The normalized spacial score (nSPS) is 20.4. The van der Waals surface area contributed by atoms with Crippen molar-refractivity contribution in [1.29, 1.82) is 0 Å². The van der Waals surface area contributed by atoms with E-state index in [4.69, 9.17) is 16.3 Å². The molecule has 1 fully saturated rings. The van der Waals surface area contributed by atoms with Crippen LogP contribution < -0.4 is 10.6 Å². The molecule has 0 heterocycles. The fourth-order valence-electron chi connectivity index (χ4n) is 2.50. The SMILES string of the molecule is C=CC(=C)CCNC(=O)CCC(=C)NC(=O)COC1CCC(Cl)C(F)C1.C=CF. The molecule has 1 aliphatic carbocycles. The van der Waals surface area contributed by atoms with Crippen molar-refractivity contribution in [1.82, 2.24) is 10.6 Å². The van der Waals surface area contributed by atoms with Gasteiger partial charge in [-0.25, -0.2) is 8.78 Å². The minimum atomic E-state index is -1.10. The van der Waals surface area contributed by atoms with Gasteiger partial charge in [-0.05, 0) is 25.7 Å². The zero-order valence-electron chi connectivity index (χ0n) is 16.7. The summed E-state index contributed by atoms with van der Waals surface area (Å²) in [5, 5.41) is 4.88. The van der Waals surface area contributed by atoms with Gasteiger partial charge >= 0.3 is 0 Å². The largest absolute Gasteiger partial charge is 0.368 e. The summed E-state index contributed by atoms with van der Waals surface area (Å²) in [6.45, 7) is 14.1. The van der Waals surface area contributed by atoms with Crippen molar-refractivity contribution in [3.8, 4) is 0 Å². The van der Waals surface area contributed by atoms with Crippen LogP contribution in [0.15, 0.2) is 50.0 Å². The lowest BCUT2D eigenvalue weighted by Gasteiger charge is -2.28. The van der Waals surface area contributed by atoms with Crippen molar-refractivity contribution in [2.24, 2.45) is 0 Å². The third kappa shape index (κ3) is 13.8. The third-order valence-electron chi connectivity index (χ3n) is 4.12. The number of carbonyl (C=O) groups excluding carboxylic acids is 2. The van der Waals surface area contributed by atoms with E-state index in [1.165, 1.54) is 0 Å². The molecule has 0 bridgehead atoms. The summed E-state index contributed by atoms with van der Waals surface area (Å²) in [4.78, 5) is 23.5. The predicted octanol–water partition coefficient (Wildman–Crippen LogP) is 4.26. The summed E-state index contributed by atoms with van der Waals surface area (Å²) in [6.07, 6.45) is 3.11. The summed E-state index contributed by atoms with van der Waals surface area (Å²) in [5.41, 5.74) is 1.30. The first-order valence-electron chi connectivity index (χ1n) is 9.38. The summed E-state index contributed by atoms with van der Waals surface area (Å²) < 4.78 is 29.0. The Morgan fingerprint density at radius 2 is 1.79 bits per heavy atom. The second kappa shape index (κ2) is 15.9. The molecule has 0 aromatic rings. The van der Waals surface area contributed by atoms with Crippen molar-refractivity contribution in [2.75, 3.05) is 13.2 Å². The average Bonchev–Trinajstić information content (AvgIpc) is 2.67. The van der Waals surface area contributed by atoms with Crippen molar-refractivity contribution in [3.63, 3.8) is 0 Å². The molecule has 164 valence electrons. The summed E-state index contributed by atoms with van der Waals surface area (Å²) >= 11 is 5.82. The van der Waals surface area contributed by atoms with E-state index in [1.807, 2.05) is 0 Å². The standard InChI is InChI=1S/C19H28ClFN2O3.C2H3F/c1-4-13(2)9-10-22-18(24)8-5-14(3)23-19(25)12-26-15-6-7-16(20)17(21)11-15;1-2-3/h4,15-17H,1-3,5-12H2,(H,22,24)(H,23,25);2H,1H2. The summed E-state index contributed by atoms with van der Waals surface area (Å²) in [5.74, 6) is -0.485. The zero-order valence-corrected chi connectivity index (χ0v) is 17.5. The molecule has 0 radical (unpaired) electrons. The maximum atomic E-state index is 13.5. The lowest BCUT2D eigenvalue weighted by molar-refractivity contribution is -0.128. The van der Waals surface area contributed by atoms with E-state index >= 15 is 0 Å². The molecule has 3 unspecified atom stereocenters. The number of alkyl halides is 2. The van der Waals surface area contributed by atoms with Crippen LogP contribution >= 0.6 is 11.6 Å². The number of allylic oxidation sites excluding steroid dienone is 2. The highest BCUT2D eigenvalue weighted by atomic mass is 35.5. The first-order valence-corrected chi connectivity index (χ1v) is 9.82. The molecule has 0 aromatic carbocycles. The van der Waals surface area contributed by atoms with Crippen LogP contribution in [0.4, 0.5) is 8.78 Å². The Morgan fingerprint density at radius 3 is 2.38 bits per heavy atom. The maximum absolute atomic E-state index is 13.5. The number of rotatable bonds is 11. The molecule has 8 heteroatoms. The van der Waals surface area contributed by atoms with E-state index in [2.05, 4.69) is 36.9 Å². The van der Waals surface area contributed by atoms with Crippen LogP contribution in [0.25, 0.3) is 0 Å². The van der Waals surface area contributed by atoms with Crippen LogP contribution in [0.2, 0.25) is 0 Å². The van der Waals surface area contributed by atoms with Crippen LogP contribution in [-0.2, 0) is 14.3 Å². The van der Waals surface area contributed by atoms with Crippen LogP contribution in [0, 0.1) is 0 Å². The first kappa shape index (κ1) is 27.0. The molecule has 2 amide bonds. The van der Waals surface area contributed by atoms with Gasteiger partial charge in [0, 0.05) is 25.1 Å². The molecule has 0 aromatic heterocycles. The maximum Gasteiger partial charge on any atom is 0.250 e. The van der Waals surface area contributed by atoms with Gasteiger partial charge in [-0.3, -0.25) is 9.59 Å². The quantitative estimate of drug-likeness (QED) is 0.378. The van der Waals surface area contributed by atoms with Crippen LogP contribution in [0.3, 0.4) is 0 Å². The lowest BCUT2D eigenvalue weighted by Crippen LogP contribution is -2.35. The van der Waals surface area contributed by atoms with Gasteiger partial charge in [-0.1, -0.05) is 38.0 Å². The molecule has 0 aliphatic heterocycles. The van der Waals surface area contributed by atoms with Gasteiger partial charge in [0.05, 0.1) is 17.8 Å². The third-order valence-corrected chi connectivity index (χ3v) is 4.61. The van der Waals surface area contributed by atoms with E-state index in [9.17, 15) is 18.4 Å². The lowest BCUT2D eigenvalue weighted by atomic mass is 9.95. The second-order valence-electron chi connectivity index (χ2n) is 6.55. The average molecular weight is 433 g/mol. The molecular weight excluding hydrogens is 402 g/mol. The Kier molecular flexibility index (Phi) is 14.8. The fraction of sp³-hybridized carbons (Fsp3) is 0.524. The van der Waals surface area contributed by atoms with E-state index in [-0.39, 0.29) is 43.7 Å². The number of amides is 2. The first-order chi connectivity index (χ1) is 13.7. The Morgan fingerprint density at radius 1 is 1.14 bits per heavy atom. The van der Waals surface area contributed by atoms with Gasteiger partial charge in [0.15, 0.2) is 0 Å². The topological polar surface area (TPSA) is 67.4 Å². The zero-order chi connectivity index (χ0) is 22.2. The fourth-order valence-corrected chi connectivity index (χ4v) is 2.73. The Hall–Kier alpha value is -1.99. The monoisotopic (exact) mass is 432 g/mol. The van der Waals surface area contributed by atoms with E-state index in [0.717, 1.165) is 5.57 Å². The molecule has 1 rings (SSSR count). The highest BCUT2D eigenvalue weighted by molar-refractivity contribution is 6.21. The summed E-state index contributed by atoms with van der Waals surface area (Å²) in [7, 11) is 0. The molecule has 0 spiro atoms. The number of hydrogen-bond acceptors (Lipinski definition) is 3. The molecular formula is C21H31ClF2N2O3. The smallest absolute Gasteiger partial charge is 0.250 e. The van der Waals surface area contributed by atoms with Crippen LogP contribution in [0.5, 0.6) is 0 Å². The molecule has 1 saturated carbocycles. The van der Waals surface area contributed by atoms with Crippen molar-refractivity contribution < 1.29 is 23.1 Å². The van der Waals surface area contributed by atoms with Crippen molar-refractivity contribution in [3.05, 3.63) is 50.0 Å². The number of halogens is 3. The van der Waals surface area contributed by atoms with Crippen LogP contribution in [-0.4, -0.2) is 42.6 Å². The number of nitrogens with one attached hydrogen (secondary N) is 2. The van der Waals surface area contributed by atoms with Crippen molar-refractivity contribution >= 4 is 23.4 Å². The number of ether oxygens (including phenoxy) is 1. The van der Waals surface area contributed by atoms with Crippen molar-refractivity contribution in [2.45, 2.75) is 56.2 Å². The Labute approximate surface area is 176 Å². The van der Waals surface area contributed by atoms with Gasteiger partial charge in [0.2, 0.25) is 11.8 Å². The van der Waals surface area contributed by atoms with Gasteiger partial charge in [-0.15, -0.1) is 11.6 Å². The number of carbonyl (C=O) groups is 2. The molecule has 0 saturated heterocycles. The van der Waals surface area contributed by atoms with Gasteiger partial charge < -0.3 is 15.4 Å². The van der Waals surface area contributed by atoms with Gasteiger partial charge in [-0.2, -0.15) is 0 Å².